The number of hydrogen-bond acceptors (Lipinski definition) is 4. The van der Waals surface area contributed by atoms with Crippen molar-refractivity contribution in [2.24, 2.45) is 11.7 Å². The van der Waals surface area contributed by atoms with E-state index in [-0.39, 0.29) is 5.75 Å². The molecule has 5 nitrogen and oxygen atoms in total. The second-order valence-corrected chi connectivity index (χ2v) is 7.49. The lowest BCUT2D eigenvalue weighted by Crippen LogP contribution is -2.31. The number of nitrogens with two attached hydrogens (primary N) is 1. The van der Waals surface area contributed by atoms with E-state index in [4.69, 9.17) is 5.73 Å². The van der Waals surface area contributed by atoms with Crippen LogP contribution in [0.3, 0.4) is 0 Å². The molecular weight excluding hydrogens is 286 g/mol. The third kappa shape index (κ3) is 5.07. The van der Waals surface area contributed by atoms with Crippen LogP contribution in [0.4, 0.5) is 0 Å². The van der Waals surface area contributed by atoms with Gasteiger partial charge < -0.3 is 10.6 Å². The Morgan fingerprint density at radius 3 is 2.81 bits per heavy atom. The SMILES string of the molecule is CCN1CCC(CNS(=O)(=O)Cc2cccc(CN)c2)C1. The molecule has 1 atom stereocenters. The van der Waals surface area contributed by atoms with Crippen molar-refractivity contribution in [3.05, 3.63) is 35.4 Å². The zero-order chi connectivity index (χ0) is 15.3. The fraction of sp³-hybridized carbons (Fsp3) is 0.600. The largest absolute Gasteiger partial charge is 0.326 e. The Kier molecular flexibility index (Phi) is 5.75. The Morgan fingerprint density at radius 2 is 2.14 bits per heavy atom. The average molecular weight is 311 g/mol. The topological polar surface area (TPSA) is 75.4 Å². The number of nitrogens with one attached hydrogen (secondary N) is 1. The standard InChI is InChI=1S/C15H25N3O2S/c1-2-18-7-6-15(11-18)10-17-21(19,20)12-14-5-3-4-13(8-14)9-16/h3-5,8,15,17H,2,6-7,9-12,16H2,1H3. The highest BCUT2D eigenvalue weighted by atomic mass is 32.2. The molecule has 1 heterocycles. The van der Waals surface area contributed by atoms with Gasteiger partial charge >= 0.3 is 0 Å². The summed E-state index contributed by atoms with van der Waals surface area (Å²) in [4.78, 5) is 2.35. The van der Waals surface area contributed by atoms with Crippen molar-refractivity contribution in [3.63, 3.8) is 0 Å². The van der Waals surface area contributed by atoms with E-state index >= 15 is 0 Å². The first-order valence-corrected chi connectivity index (χ1v) is 9.15. The molecule has 0 amide bonds. The van der Waals surface area contributed by atoms with E-state index in [9.17, 15) is 8.42 Å². The normalized spacial score (nSPS) is 20.0. The van der Waals surface area contributed by atoms with Gasteiger partial charge in [0.2, 0.25) is 10.0 Å². The van der Waals surface area contributed by atoms with Crippen LogP contribution in [0.5, 0.6) is 0 Å². The van der Waals surface area contributed by atoms with Crippen molar-refractivity contribution in [2.75, 3.05) is 26.2 Å². The number of likely N-dealkylation sites (tertiary alicyclic amines) is 1. The van der Waals surface area contributed by atoms with Gasteiger partial charge in [0, 0.05) is 19.6 Å². The van der Waals surface area contributed by atoms with Crippen LogP contribution in [0.15, 0.2) is 24.3 Å². The molecule has 6 heteroatoms. The molecule has 1 aliphatic rings. The van der Waals surface area contributed by atoms with Crippen LogP contribution in [0.1, 0.15) is 24.5 Å². The molecule has 2 rings (SSSR count). The van der Waals surface area contributed by atoms with Crippen molar-refractivity contribution in [1.82, 2.24) is 9.62 Å². The Bertz CT molecular complexity index is 560. The lowest BCUT2D eigenvalue weighted by atomic mass is 10.1. The highest BCUT2D eigenvalue weighted by Crippen LogP contribution is 2.15. The van der Waals surface area contributed by atoms with Gasteiger partial charge in [-0.15, -0.1) is 0 Å². The molecule has 118 valence electrons. The molecule has 1 unspecified atom stereocenters. The van der Waals surface area contributed by atoms with Crippen LogP contribution < -0.4 is 10.5 Å². The van der Waals surface area contributed by atoms with Gasteiger partial charge in [0.1, 0.15) is 0 Å². The van der Waals surface area contributed by atoms with E-state index in [0.29, 0.717) is 19.0 Å². The molecule has 0 aliphatic carbocycles. The summed E-state index contributed by atoms with van der Waals surface area (Å²) in [5, 5.41) is 0. The van der Waals surface area contributed by atoms with Crippen molar-refractivity contribution in [2.45, 2.75) is 25.6 Å². The van der Waals surface area contributed by atoms with E-state index in [1.165, 1.54) is 0 Å². The van der Waals surface area contributed by atoms with Crippen LogP contribution in [-0.4, -0.2) is 39.5 Å². The van der Waals surface area contributed by atoms with Gasteiger partial charge in [-0.05, 0) is 36.6 Å². The van der Waals surface area contributed by atoms with Crippen LogP contribution in [0.25, 0.3) is 0 Å². The summed E-state index contributed by atoms with van der Waals surface area (Å²) in [5.74, 6) is 0.445. The molecule has 0 bridgehead atoms. The molecular formula is C15H25N3O2S. The average Bonchev–Trinajstić information content (AvgIpc) is 2.93. The quantitative estimate of drug-likeness (QED) is 0.785. The van der Waals surface area contributed by atoms with Crippen molar-refractivity contribution in [1.29, 1.82) is 0 Å². The van der Waals surface area contributed by atoms with Crippen LogP contribution in [0.2, 0.25) is 0 Å². The molecule has 1 aliphatic heterocycles. The summed E-state index contributed by atoms with van der Waals surface area (Å²) >= 11 is 0. The molecule has 0 saturated carbocycles. The lowest BCUT2D eigenvalue weighted by Gasteiger charge is -2.14. The van der Waals surface area contributed by atoms with Gasteiger partial charge in [0.25, 0.3) is 0 Å². The van der Waals surface area contributed by atoms with Crippen LogP contribution in [-0.2, 0) is 22.3 Å². The zero-order valence-electron chi connectivity index (χ0n) is 12.6. The van der Waals surface area contributed by atoms with E-state index in [2.05, 4.69) is 16.5 Å². The fourth-order valence-corrected chi connectivity index (χ4v) is 3.94. The molecule has 0 aromatic heterocycles. The first-order valence-electron chi connectivity index (χ1n) is 7.50. The third-order valence-electron chi connectivity index (χ3n) is 3.99. The van der Waals surface area contributed by atoms with Gasteiger partial charge in [-0.1, -0.05) is 31.2 Å². The number of rotatable bonds is 7. The maximum atomic E-state index is 12.2. The Labute approximate surface area is 127 Å². The second-order valence-electron chi connectivity index (χ2n) is 5.68. The first kappa shape index (κ1) is 16.4. The van der Waals surface area contributed by atoms with E-state index in [1.807, 2.05) is 24.3 Å². The van der Waals surface area contributed by atoms with Gasteiger partial charge in [0.15, 0.2) is 0 Å². The molecule has 1 aromatic rings. The summed E-state index contributed by atoms with van der Waals surface area (Å²) in [6.07, 6.45) is 1.07. The van der Waals surface area contributed by atoms with E-state index in [1.54, 1.807) is 0 Å². The smallest absolute Gasteiger partial charge is 0.215 e. The minimum Gasteiger partial charge on any atom is -0.326 e. The number of benzene rings is 1. The van der Waals surface area contributed by atoms with Gasteiger partial charge in [-0.25, -0.2) is 13.1 Å². The number of nitrogens with zero attached hydrogens (tertiary/aromatic N) is 1. The van der Waals surface area contributed by atoms with E-state index in [0.717, 1.165) is 37.2 Å². The summed E-state index contributed by atoms with van der Waals surface area (Å²) in [6.45, 7) is 6.20. The summed E-state index contributed by atoms with van der Waals surface area (Å²) < 4.78 is 27.0. The molecule has 3 N–H and O–H groups in total. The molecule has 0 spiro atoms. The first-order chi connectivity index (χ1) is 10.0. The monoisotopic (exact) mass is 311 g/mol. The van der Waals surface area contributed by atoms with Crippen molar-refractivity contribution in [3.8, 4) is 0 Å². The van der Waals surface area contributed by atoms with E-state index < -0.39 is 10.0 Å². The van der Waals surface area contributed by atoms with Gasteiger partial charge in [-0.3, -0.25) is 0 Å². The highest BCUT2D eigenvalue weighted by molar-refractivity contribution is 7.88. The fourth-order valence-electron chi connectivity index (χ4n) is 2.73. The Morgan fingerprint density at radius 1 is 1.38 bits per heavy atom. The second kappa shape index (κ2) is 7.35. The lowest BCUT2D eigenvalue weighted by molar-refractivity contribution is 0.342. The summed E-state index contributed by atoms with van der Waals surface area (Å²) in [7, 11) is -3.28. The predicted octanol–water partition coefficient (Wildman–Crippen LogP) is 0.907. The van der Waals surface area contributed by atoms with Crippen LogP contribution in [0, 0.1) is 5.92 Å². The number of sulfonamides is 1. The van der Waals surface area contributed by atoms with Crippen molar-refractivity contribution < 1.29 is 8.42 Å². The number of hydrogen-bond donors (Lipinski definition) is 2. The van der Waals surface area contributed by atoms with Crippen molar-refractivity contribution >= 4 is 10.0 Å². The summed E-state index contributed by atoms with van der Waals surface area (Å²) in [5.41, 5.74) is 7.32. The minimum absolute atomic E-state index is 0.0189. The Hall–Kier alpha value is -0.950. The molecule has 1 saturated heterocycles. The maximum absolute atomic E-state index is 12.2. The molecule has 0 radical (unpaired) electrons. The third-order valence-corrected chi connectivity index (χ3v) is 5.31. The molecule has 1 fully saturated rings. The van der Waals surface area contributed by atoms with Crippen LogP contribution >= 0.6 is 0 Å². The Balaban J connectivity index is 1.87. The highest BCUT2D eigenvalue weighted by Gasteiger charge is 2.22. The minimum atomic E-state index is -3.28. The van der Waals surface area contributed by atoms with Gasteiger partial charge in [-0.2, -0.15) is 0 Å². The van der Waals surface area contributed by atoms with Gasteiger partial charge in [0.05, 0.1) is 5.75 Å². The predicted molar refractivity (Wildman–Crippen MR) is 85.2 cm³/mol. The summed E-state index contributed by atoms with van der Waals surface area (Å²) in [6, 6.07) is 7.44. The maximum Gasteiger partial charge on any atom is 0.215 e. The molecule has 21 heavy (non-hydrogen) atoms. The molecule has 1 aromatic carbocycles. The zero-order valence-corrected chi connectivity index (χ0v) is 13.4.